The molecule has 4 N–H and O–H groups in total. The number of hydrogen-bond donors (Lipinski definition) is 3. The number of hydrogen-bond acceptors (Lipinski definition) is 6. The molecule has 1 aliphatic heterocycles. The van der Waals surface area contributed by atoms with Gasteiger partial charge < -0.3 is 11.5 Å². The predicted octanol–water partition coefficient (Wildman–Crippen LogP) is 2.74. The van der Waals surface area contributed by atoms with Crippen LogP contribution < -0.4 is 16.4 Å². The Labute approximate surface area is 134 Å². The van der Waals surface area contributed by atoms with E-state index < -0.39 is 5.66 Å². The summed E-state index contributed by atoms with van der Waals surface area (Å²) < 4.78 is 0. The van der Waals surface area contributed by atoms with Gasteiger partial charge in [0, 0.05) is 9.92 Å². The summed E-state index contributed by atoms with van der Waals surface area (Å²) in [6.45, 7) is 0. The first kappa shape index (κ1) is 14.5. The van der Waals surface area contributed by atoms with Crippen molar-refractivity contribution >= 4 is 41.8 Å². The predicted molar refractivity (Wildman–Crippen MR) is 90.2 cm³/mol. The second-order valence-electron chi connectivity index (χ2n) is 5.45. The molecule has 2 aliphatic rings. The Morgan fingerprint density at radius 2 is 1.90 bits per heavy atom. The Morgan fingerprint density at radius 1 is 1.19 bits per heavy atom. The third-order valence-corrected chi connectivity index (χ3v) is 4.62. The molecule has 1 saturated carbocycles. The third-order valence-electron chi connectivity index (χ3n) is 4.03. The maximum Gasteiger partial charge on any atom is 0.220 e. The van der Waals surface area contributed by atoms with Crippen LogP contribution in [0.3, 0.4) is 0 Å². The lowest BCUT2D eigenvalue weighted by Gasteiger charge is -2.46. The molecule has 1 aliphatic carbocycles. The first-order valence-corrected chi connectivity index (χ1v) is 7.83. The zero-order valence-electron chi connectivity index (χ0n) is 11.6. The minimum Gasteiger partial charge on any atom is -0.369 e. The molecule has 0 atom stereocenters. The SMILES string of the molecule is NC1=NC2(CCCCC2)N(c2ccc(Cl)cc2S)C(N)=N1. The van der Waals surface area contributed by atoms with E-state index in [0.29, 0.717) is 11.0 Å². The van der Waals surface area contributed by atoms with Crippen LogP contribution in [-0.4, -0.2) is 17.6 Å². The van der Waals surface area contributed by atoms with E-state index in [0.717, 1.165) is 36.3 Å². The van der Waals surface area contributed by atoms with Gasteiger partial charge in [0.1, 0.15) is 5.66 Å². The summed E-state index contributed by atoms with van der Waals surface area (Å²) in [4.78, 5) is 11.5. The van der Waals surface area contributed by atoms with Crippen LogP contribution in [0, 0.1) is 0 Å². The van der Waals surface area contributed by atoms with E-state index in [9.17, 15) is 0 Å². The van der Waals surface area contributed by atoms with Gasteiger partial charge in [-0.1, -0.05) is 18.0 Å². The van der Waals surface area contributed by atoms with E-state index in [4.69, 9.17) is 23.1 Å². The summed E-state index contributed by atoms with van der Waals surface area (Å²) in [5, 5.41) is 0.636. The molecule has 0 bridgehead atoms. The summed E-state index contributed by atoms with van der Waals surface area (Å²) in [5.41, 5.74) is 12.4. The van der Waals surface area contributed by atoms with Crippen molar-refractivity contribution in [3.63, 3.8) is 0 Å². The molecule has 0 saturated heterocycles. The van der Waals surface area contributed by atoms with Gasteiger partial charge in [0.25, 0.3) is 0 Å². The number of guanidine groups is 2. The average molecular weight is 324 g/mol. The number of benzene rings is 1. The minimum absolute atomic E-state index is 0.250. The highest BCUT2D eigenvalue weighted by atomic mass is 35.5. The highest BCUT2D eigenvalue weighted by Gasteiger charge is 2.43. The van der Waals surface area contributed by atoms with Crippen LogP contribution >= 0.6 is 24.2 Å². The minimum atomic E-state index is -0.445. The standard InChI is InChI=1S/C14H18ClN5S/c15-9-4-5-10(11(21)8-9)20-13(17)18-12(16)19-14(20)6-2-1-3-7-14/h4-5,8,21H,1-3,6-7H2,(H4,16,17,18,19). The maximum absolute atomic E-state index is 6.16. The van der Waals surface area contributed by atoms with Crippen molar-refractivity contribution in [1.82, 2.24) is 0 Å². The average Bonchev–Trinajstić information content (AvgIpc) is 2.41. The number of aliphatic imine (C=N–C) groups is 2. The third kappa shape index (κ3) is 2.58. The number of anilines is 1. The lowest BCUT2D eigenvalue weighted by molar-refractivity contribution is 0.305. The van der Waals surface area contributed by atoms with Gasteiger partial charge in [0.2, 0.25) is 11.9 Å². The van der Waals surface area contributed by atoms with Crippen LogP contribution in [0.2, 0.25) is 5.02 Å². The number of nitrogens with zero attached hydrogens (tertiary/aromatic N) is 3. The van der Waals surface area contributed by atoms with Crippen molar-refractivity contribution in [2.24, 2.45) is 21.5 Å². The summed E-state index contributed by atoms with van der Waals surface area (Å²) in [7, 11) is 0. The quantitative estimate of drug-likeness (QED) is 0.695. The fourth-order valence-corrected chi connectivity index (χ4v) is 3.72. The van der Waals surface area contributed by atoms with Crippen LogP contribution in [0.15, 0.2) is 33.1 Å². The lowest BCUT2D eigenvalue weighted by Crippen LogP contribution is -2.58. The fraction of sp³-hybridized carbons (Fsp3) is 0.429. The van der Waals surface area contributed by atoms with Gasteiger partial charge >= 0.3 is 0 Å². The molecule has 112 valence electrons. The Morgan fingerprint density at radius 3 is 2.57 bits per heavy atom. The van der Waals surface area contributed by atoms with Gasteiger partial charge in [-0.2, -0.15) is 4.99 Å². The van der Waals surface area contributed by atoms with Gasteiger partial charge in [0.15, 0.2) is 0 Å². The van der Waals surface area contributed by atoms with Crippen LogP contribution in [0.5, 0.6) is 0 Å². The molecule has 0 unspecified atom stereocenters. The highest BCUT2D eigenvalue weighted by Crippen LogP contribution is 2.41. The fourth-order valence-electron chi connectivity index (χ4n) is 3.16. The first-order valence-electron chi connectivity index (χ1n) is 7.00. The maximum atomic E-state index is 6.16. The van der Waals surface area contributed by atoms with Crippen molar-refractivity contribution in [1.29, 1.82) is 0 Å². The van der Waals surface area contributed by atoms with Gasteiger partial charge in [-0.25, -0.2) is 4.99 Å². The molecule has 7 heteroatoms. The Hall–Kier alpha value is -1.40. The summed E-state index contributed by atoms with van der Waals surface area (Å²) in [6, 6.07) is 5.52. The molecule has 1 spiro atoms. The molecule has 1 aromatic rings. The lowest BCUT2D eigenvalue weighted by atomic mass is 9.87. The van der Waals surface area contributed by atoms with E-state index >= 15 is 0 Å². The van der Waals surface area contributed by atoms with Crippen LogP contribution in [0.4, 0.5) is 5.69 Å². The van der Waals surface area contributed by atoms with E-state index in [2.05, 4.69) is 22.6 Å². The normalized spacial score (nSPS) is 21.1. The molecule has 1 fully saturated rings. The Bertz CT molecular complexity index is 622. The van der Waals surface area contributed by atoms with Crippen molar-refractivity contribution in [3.8, 4) is 0 Å². The molecular weight excluding hydrogens is 306 g/mol. The molecule has 0 radical (unpaired) electrons. The second-order valence-corrected chi connectivity index (χ2v) is 6.37. The van der Waals surface area contributed by atoms with Gasteiger partial charge in [-0.15, -0.1) is 12.6 Å². The van der Waals surface area contributed by atoms with Crippen molar-refractivity contribution in [3.05, 3.63) is 23.2 Å². The Balaban J connectivity index is 2.10. The molecular formula is C14H18ClN5S. The number of nitrogens with two attached hydrogens (primary N) is 2. The molecule has 0 amide bonds. The zero-order chi connectivity index (χ0) is 15.0. The molecule has 21 heavy (non-hydrogen) atoms. The Kier molecular flexibility index (Phi) is 3.75. The molecule has 3 rings (SSSR count). The molecule has 1 aromatic carbocycles. The molecule has 1 heterocycles. The monoisotopic (exact) mass is 323 g/mol. The highest BCUT2D eigenvalue weighted by molar-refractivity contribution is 7.80. The smallest absolute Gasteiger partial charge is 0.220 e. The van der Waals surface area contributed by atoms with Crippen molar-refractivity contribution in [2.45, 2.75) is 42.7 Å². The van der Waals surface area contributed by atoms with E-state index in [1.165, 1.54) is 6.42 Å². The van der Waals surface area contributed by atoms with Crippen LogP contribution in [-0.2, 0) is 0 Å². The zero-order valence-corrected chi connectivity index (χ0v) is 13.2. The van der Waals surface area contributed by atoms with E-state index in [1.54, 1.807) is 6.07 Å². The summed E-state index contributed by atoms with van der Waals surface area (Å²) >= 11 is 10.5. The van der Waals surface area contributed by atoms with Crippen LogP contribution in [0.25, 0.3) is 0 Å². The van der Waals surface area contributed by atoms with Crippen LogP contribution in [0.1, 0.15) is 32.1 Å². The number of halogens is 1. The summed E-state index contributed by atoms with van der Waals surface area (Å²) in [5.74, 6) is 0.613. The van der Waals surface area contributed by atoms with Gasteiger partial charge in [-0.3, -0.25) is 4.90 Å². The van der Waals surface area contributed by atoms with E-state index in [1.807, 2.05) is 17.0 Å². The van der Waals surface area contributed by atoms with E-state index in [-0.39, 0.29) is 5.96 Å². The van der Waals surface area contributed by atoms with Gasteiger partial charge in [-0.05, 0) is 43.9 Å². The number of thiol groups is 1. The first-order chi connectivity index (χ1) is 10.0. The van der Waals surface area contributed by atoms with Gasteiger partial charge in [0.05, 0.1) is 5.69 Å². The second kappa shape index (κ2) is 5.42. The number of rotatable bonds is 1. The topological polar surface area (TPSA) is 80.0 Å². The largest absolute Gasteiger partial charge is 0.369 e. The molecule has 0 aromatic heterocycles. The molecule has 5 nitrogen and oxygen atoms in total. The summed E-state index contributed by atoms with van der Waals surface area (Å²) in [6.07, 6.45) is 5.20. The van der Waals surface area contributed by atoms with Crippen molar-refractivity contribution < 1.29 is 0 Å². The van der Waals surface area contributed by atoms with Crippen molar-refractivity contribution in [2.75, 3.05) is 4.90 Å².